The first-order chi connectivity index (χ1) is 15.3. The maximum atomic E-state index is 13.5. The molecule has 6 nitrogen and oxygen atoms in total. The lowest BCUT2D eigenvalue weighted by atomic mass is 9.98. The van der Waals surface area contributed by atoms with Crippen LogP contribution < -0.4 is 4.90 Å². The summed E-state index contributed by atoms with van der Waals surface area (Å²) in [6, 6.07) is 5.85. The maximum absolute atomic E-state index is 13.5. The second-order valence-corrected chi connectivity index (χ2v) is 11.8. The van der Waals surface area contributed by atoms with E-state index in [2.05, 4.69) is 32.7 Å². The highest BCUT2D eigenvalue weighted by molar-refractivity contribution is 6.11. The molecular formula is C27H38N2O4. The highest BCUT2D eigenvalue weighted by atomic mass is 16.6. The lowest BCUT2D eigenvalue weighted by Crippen LogP contribution is -2.40. The molecule has 0 bridgehead atoms. The van der Waals surface area contributed by atoms with Crippen molar-refractivity contribution in [2.45, 2.75) is 66.9 Å². The van der Waals surface area contributed by atoms with E-state index in [1.54, 1.807) is 4.90 Å². The minimum absolute atomic E-state index is 0.0168. The molecule has 2 fully saturated rings. The van der Waals surface area contributed by atoms with Gasteiger partial charge in [0.25, 0.3) is 0 Å². The Kier molecular flexibility index (Phi) is 5.88. The summed E-state index contributed by atoms with van der Waals surface area (Å²) in [5.41, 5.74) is 1.70. The number of benzene rings is 1. The summed E-state index contributed by atoms with van der Waals surface area (Å²) in [6.45, 7) is 16.3. The van der Waals surface area contributed by atoms with E-state index in [0.29, 0.717) is 18.0 Å². The third kappa shape index (κ3) is 4.42. The number of Topliss-reactive ketones (excluding diaryl/α,β-unsaturated/α-hetero) is 1. The number of fused-ring (bicyclic) bond motifs is 1. The Labute approximate surface area is 197 Å². The number of aromatic nitrogens is 1. The Morgan fingerprint density at radius 3 is 2.33 bits per heavy atom. The summed E-state index contributed by atoms with van der Waals surface area (Å²) in [7, 11) is 0. The van der Waals surface area contributed by atoms with Crippen LogP contribution in [0.25, 0.3) is 10.9 Å². The van der Waals surface area contributed by atoms with Gasteiger partial charge in [0.2, 0.25) is 0 Å². The van der Waals surface area contributed by atoms with E-state index < -0.39 is 5.60 Å². The molecular weight excluding hydrogens is 416 g/mol. The van der Waals surface area contributed by atoms with Gasteiger partial charge in [-0.05, 0) is 68.6 Å². The summed E-state index contributed by atoms with van der Waals surface area (Å²) in [6.07, 6.45) is 3.29. The Balaban J connectivity index is 1.68. The maximum Gasteiger partial charge on any atom is 0.414 e. The minimum Gasteiger partial charge on any atom is -0.443 e. The van der Waals surface area contributed by atoms with E-state index >= 15 is 0 Å². The first-order valence-electron chi connectivity index (χ1n) is 12.1. The van der Waals surface area contributed by atoms with E-state index in [1.807, 2.05) is 45.2 Å². The van der Waals surface area contributed by atoms with Crippen molar-refractivity contribution in [3.8, 4) is 0 Å². The van der Waals surface area contributed by atoms with Gasteiger partial charge in [-0.2, -0.15) is 0 Å². The number of amides is 1. The summed E-state index contributed by atoms with van der Waals surface area (Å²) in [5, 5.41) is 0.858. The first kappa shape index (κ1) is 23.8. The highest BCUT2D eigenvalue weighted by Crippen LogP contribution is 2.69. The van der Waals surface area contributed by atoms with Crippen LogP contribution in [-0.4, -0.2) is 42.2 Å². The van der Waals surface area contributed by atoms with Gasteiger partial charge < -0.3 is 14.5 Å². The Morgan fingerprint density at radius 2 is 1.76 bits per heavy atom. The van der Waals surface area contributed by atoms with Crippen LogP contribution in [0.1, 0.15) is 71.7 Å². The second kappa shape index (κ2) is 8.15. The molecule has 2 aromatic rings. The number of anilines is 1. The number of aromatic amines is 1. The van der Waals surface area contributed by atoms with Gasteiger partial charge in [0, 0.05) is 54.0 Å². The number of nitrogens with zero attached hydrogens (tertiary/aromatic N) is 1. The number of hydrogen-bond donors (Lipinski definition) is 1. The fraction of sp³-hybridized carbons (Fsp3) is 0.630. The number of carbonyl (C=O) groups excluding carboxylic acids is 2. The predicted octanol–water partition coefficient (Wildman–Crippen LogP) is 6.20. The molecule has 1 saturated heterocycles. The summed E-state index contributed by atoms with van der Waals surface area (Å²) < 4.78 is 11.3. The summed E-state index contributed by atoms with van der Waals surface area (Å²) in [5.74, 6) is 0.501. The minimum atomic E-state index is -0.590. The second-order valence-electron chi connectivity index (χ2n) is 11.8. The molecule has 1 aliphatic carbocycles. The van der Waals surface area contributed by atoms with E-state index in [0.717, 1.165) is 42.6 Å². The van der Waals surface area contributed by atoms with Crippen molar-refractivity contribution < 1.29 is 19.1 Å². The van der Waals surface area contributed by atoms with E-state index in [1.165, 1.54) is 0 Å². The van der Waals surface area contributed by atoms with E-state index in [4.69, 9.17) is 9.47 Å². The molecule has 1 amide bonds. The first-order valence-corrected chi connectivity index (χ1v) is 12.1. The van der Waals surface area contributed by atoms with Crippen molar-refractivity contribution in [1.82, 2.24) is 4.98 Å². The molecule has 180 valence electrons. The van der Waals surface area contributed by atoms with Gasteiger partial charge in [-0.1, -0.05) is 27.7 Å². The highest BCUT2D eigenvalue weighted by Gasteiger charge is 2.68. The van der Waals surface area contributed by atoms with Crippen LogP contribution >= 0.6 is 0 Å². The Hall–Kier alpha value is -2.34. The topological polar surface area (TPSA) is 71.6 Å². The van der Waals surface area contributed by atoms with Crippen LogP contribution in [0.3, 0.4) is 0 Å². The largest absolute Gasteiger partial charge is 0.443 e. The van der Waals surface area contributed by atoms with E-state index in [9.17, 15) is 9.59 Å². The van der Waals surface area contributed by atoms with Crippen LogP contribution in [0, 0.1) is 22.7 Å². The summed E-state index contributed by atoms with van der Waals surface area (Å²) >= 11 is 0. The molecule has 2 aliphatic rings. The number of carbonyl (C=O) groups is 2. The van der Waals surface area contributed by atoms with Gasteiger partial charge in [-0.15, -0.1) is 0 Å². The van der Waals surface area contributed by atoms with Gasteiger partial charge >= 0.3 is 6.09 Å². The fourth-order valence-electron chi connectivity index (χ4n) is 5.28. The molecule has 2 heterocycles. The van der Waals surface area contributed by atoms with Gasteiger partial charge in [0.15, 0.2) is 5.78 Å². The third-order valence-corrected chi connectivity index (χ3v) is 7.92. The van der Waals surface area contributed by atoms with Crippen LogP contribution in [0.2, 0.25) is 0 Å². The quantitative estimate of drug-likeness (QED) is 0.546. The fourth-order valence-corrected chi connectivity index (χ4v) is 5.28. The normalized spacial score (nSPS) is 20.6. The molecule has 0 spiro atoms. The number of ether oxygens (including phenoxy) is 2. The number of hydrogen-bond acceptors (Lipinski definition) is 4. The zero-order valence-electron chi connectivity index (χ0n) is 21.1. The van der Waals surface area contributed by atoms with Crippen molar-refractivity contribution in [1.29, 1.82) is 0 Å². The van der Waals surface area contributed by atoms with Gasteiger partial charge in [-0.3, -0.25) is 9.69 Å². The van der Waals surface area contributed by atoms with Crippen LogP contribution in [0.4, 0.5) is 10.5 Å². The molecule has 1 N–H and O–H groups in total. The standard InChI is InChI=1S/C27H38N2O4/c1-25(2,3)33-24(31)29(16-17-10-12-32-13-11-17)18-8-9-21-19(14-18)20(15-28-21)22(30)23-26(4,5)27(23,6)7/h8-9,14-15,17,23,28H,10-13,16H2,1-7H3. The molecule has 0 atom stereocenters. The number of rotatable bonds is 5. The molecule has 4 rings (SSSR count). The molecule has 1 saturated carbocycles. The van der Waals surface area contributed by atoms with Crippen LogP contribution in [0.15, 0.2) is 24.4 Å². The van der Waals surface area contributed by atoms with Crippen LogP contribution in [0.5, 0.6) is 0 Å². The Morgan fingerprint density at radius 1 is 1.12 bits per heavy atom. The Bertz CT molecular complexity index is 1040. The van der Waals surface area contributed by atoms with Crippen molar-refractivity contribution in [3.63, 3.8) is 0 Å². The SMILES string of the molecule is CC(C)(C)OC(=O)N(CC1CCOCC1)c1ccc2[nH]cc(C(=O)C3C(C)(C)C3(C)C)c2c1. The lowest BCUT2D eigenvalue weighted by molar-refractivity contribution is 0.0515. The van der Waals surface area contributed by atoms with Crippen molar-refractivity contribution in [2.24, 2.45) is 22.7 Å². The van der Waals surface area contributed by atoms with Crippen molar-refractivity contribution >= 4 is 28.5 Å². The smallest absolute Gasteiger partial charge is 0.414 e. The van der Waals surface area contributed by atoms with Gasteiger partial charge in [0.05, 0.1) is 0 Å². The zero-order valence-corrected chi connectivity index (χ0v) is 21.1. The van der Waals surface area contributed by atoms with Crippen molar-refractivity contribution in [3.05, 3.63) is 30.0 Å². The average Bonchev–Trinajstić information content (AvgIpc) is 3.01. The van der Waals surface area contributed by atoms with Gasteiger partial charge in [0.1, 0.15) is 5.60 Å². The molecule has 0 radical (unpaired) electrons. The number of H-pyrrole nitrogens is 1. The zero-order chi connectivity index (χ0) is 24.2. The monoisotopic (exact) mass is 454 g/mol. The number of ketones is 1. The predicted molar refractivity (Wildman–Crippen MR) is 131 cm³/mol. The summed E-state index contributed by atoms with van der Waals surface area (Å²) in [4.78, 5) is 31.7. The average molecular weight is 455 g/mol. The molecule has 1 aliphatic heterocycles. The van der Waals surface area contributed by atoms with Crippen molar-refractivity contribution in [2.75, 3.05) is 24.7 Å². The number of nitrogens with one attached hydrogen (secondary N) is 1. The molecule has 33 heavy (non-hydrogen) atoms. The van der Waals surface area contributed by atoms with Crippen LogP contribution in [-0.2, 0) is 9.47 Å². The third-order valence-electron chi connectivity index (χ3n) is 7.92. The molecule has 1 aromatic carbocycles. The molecule has 1 aromatic heterocycles. The lowest BCUT2D eigenvalue weighted by Gasteiger charge is -2.31. The molecule has 6 heteroatoms. The van der Waals surface area contributed by atoms with Gasteiger partial charge in [-0.25, -0.2) is 4.79 Å². The molecule has 0 unspecified atom stereocenters. The van der Waals surface area contributed by atoms with E-state index in [-0.39, 0.29) is 28.6 Å².